The van der Waals surface area contributed by atoms with Gasteiger partial charge in [-0.3, -0.25) is 9.78 Å². The Morgan fingerprint density at radius 1 is 1.07 bits per heavy atom. The van der Waals surface area contributed by atoms with Crippen LogP contribution in [-0.2, 0) is 6.54 Å². The van der Waals surface area contributed by atoms with Gasteiger partial charge in [0.2, 0.25) is 0 Å². The van der Waals surface area contributed by atoms with E-state index in [-0.39, 0.29) is 11.7 Å². The van der Waals surface area contributed by atoms with Gasteiger partial charge in [0, 0.05) is 28.9 Å². The zero-order chi connectivity index (χ0) is 19.5. The van der Waals surface area contributed by atoms with Gasteiger partial charge in [-0.05, 0) is 43.3 Å². The molecule has 0 radical (unpaired) electrons. The minimum Gasteiger partial charge on any atom is -0.345 e. The molecule has 0 aliphatic heterocycles. The summed E-state index contributed by atoms with van der Waals surface area (Å²) in [7, 11) is 0. The Hall–Kier alpha value is -2.97. The summed E-state index contributed by atoms with van der Waals surface area (Å²) in [6, 6.07) is 9.88. The number of halogens is 1. The second-order valence-corrected chi connectivity index (χ2v) is 7.93. The van der Waals surface area contributed by atoms with Crippen LogP contribution in [0.4, 0.5) is 4.39 Å². The highest BCUT2D eigenvalue weighted by molar-refractivity contribution is 7.17. The number of pyridine rings is 1. The first kappa shape index (κ1) is 18.4. The molecule has 0 fully saturated rings. The van der Waals surface area contributed by atoms with Crippen LogP contribution in [-0.4, -0.2) is 20.9 Å². The molecule has 5 nitrogen and oxygen atoms in total. The molecule has 140 valence electrons. The fourth-order valence-electron chi connectivity index (χ4n) is 2.61. The van der Waals surface area contributed by atoms with Crippen molar-refractivity contribution in [2.75, 3.05) is 0 Å². The van der Waals surface area contributed by atoms with Crippen LogP contribution in [0.2, 0.25) is 0 Å². The van der Waals surface area contributed by atoms with E-state index in [0.29, 0.717) is 22.1 Å². The summed E-state index contributed by atoms with van der Waals surface area (Å²) in [6.45, 7) is 2.14. The molecule has 3 heterocycles. The number of hydrogen-bond donors (Lipinski definition) is 1. The van der Waals surface area contributed by atoms with Crippen LogP contribution in [0.15, 0.2) is 54.2 Å². The predicted molar refractivity (Wildman–Crippen MR) is 109 cm³/mol. The maximum atomic E-state index is 13.1. The molecule has 0 bridgehead atoms. The summed E-state index contributed by atoms with van der Waals surface area (Å²) in [5, 5.41) is 6.37. The van der Waals surface area contributed by atoms with Gasteiger partial charge in [-0.1, -0.05) is 0 Å². The number of aryl methyl sites for hydroxylation is 1. The highest BCUT2D eigenvalue weighted by Gasteiger charge is 2.16. The molecule has 0 aliphatic carbocycles. The number of nitrogens with zero attached hydrogens (tertiary/aromatic N) is 3. The van der Waals surface area contributed by atoms with Gasteiger partial charge in [0.25, 0.3) is 5.91 Å². The van der Waals surface area contributed by atoms with E-state index < -0.39 is 0 Å². The molecule has 1 aromatic carbocycles. The molecule has 1 amide bonds. The van der Waals surface area contributed by atoms with Crippen LogP contribution >= 0.6 is 22.7 Å². The number of carbonyl (C=O) groups excluding carboxylic acids is 1. The van der Waals surface area contributed by atoms with Crippen LogP contribution in [0.25, 0.3) is 21.8 Å². The van der Waals surface area contributed by atoms with Gasteiger partial charge in [0.05, 0.1) is 17.9 Å². The number of nitrogens with one attached hydrogen (secondary N) is 1. The first-order chi connectivity index (χ1) is 13.6. The zero-order valence-electron chi connectivity index (χ0n) is 14.8. The number of hydrogen-bond acceptors (Lipinski definition) is 6. The maximum absolute atomic E-state index is 13.1. The smallest absolute Gasteiger partial charge is 0.263 e. The molecule has 3 aromatic heterocycles. The van der Waals surface area contributed by atoms with E-state index in [1.165, 1.54) is 34.8 Å². The van der Waals surface area contributed by atoms with E-state index in [2.05, 4.69) is 20.3 Å². The van der Waals surface area contributed by atoms with Crippen LogP contribution in [0.3, 0.4) is 0 Å². The van der Waals surface area contributed by atoms with Gasteiger partial charge < -0.3 is 5.32 Å². The van der Waals surface area contributed by atoms with E-state index in [4.69, 9.17) is 0 Å². The number of aromatic nitrogens is 3. The number of benzene rings is 1. The molecule has 28 heavy (non-hydrogen) atoms. The largest absolute Gasteiger partial charge is 0.345 e. The lowest BCUT2D eigenvalue weighted by atomic mass is 10.2. The molecule has 0 unspecified atom stereocenters. The number of thiazole rings is 2. The van der Waals surface area contributed by atoms with Gasteiger partial charge >= 0.3 is 0 Å². The summed E-state index contributed by atoms with van der Waals surface area (Å²) in [4.78, 5) is 26.1. The third-order valence-electron chi connectivity index (χ3n) is 4.02. The van der Waals surface area contributed by atoms with Crippen molar-refractivity contribution in [1.29, 1.82) is 0 Å². The predicted octanol–water partition coefficient (Wildman–Crippen LogP) is 4.71. The highest BCUT2D eigenvalue weighted by atomic mass is 32.1. The first-order valence-corrected chi connectivity index (χ1v) is 10.2. The summed E-state index contributed by atoms with van der Waals surface area (Å²) in [5.41, 5.74) is 3.30. The summed E-state index contributed by atoms with van der Waals surface area (Å²) in [5.74, 6) is -0.492. The number of rotatable bonds is 5. The molecule has 0 atom stereocenters. The van der Waals surface area contributed by atoms with Crippen LogP contribution in [0, 0.1) is 12.7 Å². The third-order valence-corrected chi connectivity index (χ3v) is 6.08. The Bertz CT molecular complexity index is 1110. The molecule has 0 aliphatic rings. The molecular formula is C20H15FN4OS2. The standard InChI is InChI=1S/C20H15FN4OS2/c1-12-18(28-20(24-12)14-2-4-15(21)5-3-14)19(26)23-10-17-25-16(11-27-17)13-6-8-22-9-7-13/h2-9,11H,10H2,1H3,(H,23,26). The lowest BCUT2D eigenvalue weighted by Crippen LogP contribution is -2.22. The fourth-order valence-corrected chi connectivity index (χ4v) is 4.34. The van der Waals surface area contributed by atoms with Crippen molar-refractivity contribution >= 4 is 28.6 Å². The Morgan fingerprint density at radius 3 is 2.57 bits per heavy atom. The van der Waals surface area contributed by atoms with E-state index in [0.717, 1.165) is 21.8 Å². The molecule has 0 saturated heterocycles. The molecule has 0 saturated carbocycles. The molecule has 4 rings (SSSR count). The SMILES string of the molecule is Cc1nc(-c2ccc(F)cc2)sc1C(=O)NCc1nc(-c2ccncc2)cs1. The molecular weight excluding hydrogens is 395 g/mol. The van der Waals surface area contributed by atoms with Gasteiger partial charge in [0.15, 0.2) is 0 Å². The molecule has 1 N–H and O–H groups in total. The van der Waals surface area contributed by atoms with E-state index >= 15 is 0 Å². The lowest BCUT2D eigenvalue weighted by Gasteiger charge is -2.01. The highest BCUT2D eigenvalue weighted by Crippen LogP contribution is 2.28. The maximum Gasteiger partial charge on any atom is 0.263 e. The van der Waals surface area contributed by atoms with Crippen LogP contribution in [0.5, 0.6) is 0 Å². The van der Waals surface area contributed by atoms with Crippen molar-refractivity contribution in [2.24, 2.45) is 0 Å². The molecule has 8 heteroatoms. The van der Waals surface area contributed by atoms with Gasteiger partial charge in [-0.15, -0.1) is 22.7 Å². The van der Waals surface area contributed by atoms with E-state index in [1.807, 2.05) is 17.5 Å². The number of carbonyl (C=O) groups is 1. The van der Waals surface area contributed by atoms with Gasteiger partial charge in [0.1, 0.15) is 20.7 Å². The van der Waals surface area contributed by atoms with Crippen molar-refractivity contribution in [3.63, 3.8) is 0 Å². The average molecular weight is 410 g/mol. The Balaban J connectivity index is 1.44. The fraction of sp³-hybridized carbons (Fsp3) is 0.100. The Labute approximate surface area is 169 Å². The van der Waals surface area contributed by atoms with Crippen molar-refractivity contribution in [3.8, 4) is 21.8 Å². The Morgan fingerprint density at radius 2 is 1.82 bits per heavy atom. The van der Waals surface area contributed by atoms with Crippen LogP contribution in [0.1, 0.15) is 20.4 Å². The topological polar surface area (TPSA) is 67.8 Å². The zero-order valence-corrected chi connectivity index (χ0v) is 16.5. The monoisotopic (exact) mass is 410 g/mol. The quantitative estimate of drug-likeness (QED) is 0.518. The second kappa shape index (κ2) is 7.95. The molecule has 0 spiro atoms. The lowest BCUT2D eigenvalue weighted by molar-refractivity contribution is 0.0954. The van der Waals surface area contributed by atoms with E-state index in [9.17, 15) is 9.18 Å². The van der Waals surface area contributed by atoms with Crippen molar-refractivity contribution in [2.45, 2.75) is 13.5 Å². The normalized spacial score (nSPS) is 10.8. The van der Waals surface area contributed by atoms with Crippen LogP contribution < -0.4 is 5.32 Å². The molecule has 4 aromatic rings. The van der Waals surface area contributed by atoms with Crippen molar-refractivity contribution in [1.82, 2.24) is 20.3 Å². The summed E-state index contributed by atoms with van der Waals surface area (Å²) < 4.78 is 13.1. The van der Waals surface area contributed by atoms with Gasteiger partial charge in [-0.25, -0.2) is 14.4 Å². The summed E-state index contributed by atoms with van der Waals surface area (Å²) >= 11 is 2.79. The minimum atomic E-state index is -0.301. The second-order valence-electron chi connectivity index (χ2n) is 5.99. The van der Waals surface area contributed by atoms with Gasteiger partial charge in [-0.2, -0.15) is 0 Å². The van der Waals surface area contributed by atoms with Crippen molar-refractivity contribution < 1.29 is 9.18 Å². The average Bonchev–Trinajstić information content (AvgIpc) is 3.34. The van der Waals surface area contributed by atoms with E-state index in [1.54, 1.807) is 31.5 Å². The Kier molecular flexibility index (Phi) is 5.23. The first-order valence-electron chi connectivity index (χ1n) is 8.46. The number of amides is 1. The summed E-state index contributed by atoms with van der Waals surface area (Å²) in [6.07, 6.45) is 3.45. The third kappa shape index (κ3) is 3.97. The minimum absolute atomic E-state index is 0.191. The van der Waals surface area contributed by atoms with Crippen molar-refractivity contribution in [3.05, 3.63) is 75.6 Å².